The van der Waals surface area contributed by atoms with Gasteiger partial charge in [-0.15, -0.1) is 11.3 Å². The van der Waals surface area contributed by atoms with Gasteiger partial charge in [0.05, 0.1) is 19.2 Å². The minimum atomic E-state index is -1.19. The number of carbonyl (C=O) groups is 1. The summed E-state index contributed by atoms with van der Waals surface area (Å²) in [5, 5.41) is 20.8. The Morgan fingerprint density at radius 2 is 2.26 bits per heavy atom. The molecular weight excluding hydrogens is 260 g/mol. The first-order chi connectivity index (χ1) is 9.16. The number of methoxy groups -OCH3 is 1. The summed E-state index contributed by atoms with van der Waals surface area (Å²) in [6, 6.07) is 8.05. The molecule has 1 unspecified atom stereocenters. The van der Waals surface area contributed by atoms with E-state index in [2.05, 4.69) is 16.9 Å². The Balaban J connectivity index is 2.42. The number of hydrogen-bond donors (Lipinski definition) is 0. The molecule has 0 saturated carbocycles. The Morgan fingerprint density at radius 1 is 1.53 bits per heavy atom. The van der Waals surface area contributed by atoms with Crippen LogP contribution in [0.4, 0.5) is 0 Å². The maximum Gasteiger partial charge on any atom is 0.333 e. The number of rotatable bonds is 2. The summed E-state index contributed by atoms with van der Waals surface area (Å²) in [6.45, 7) is 0. The van der Waals surface area contributed by atoms with E-state index < -0.39 is 11.4 Å². The van der Waals surface area contributed by atoms with Gasteiger partial charge < -0.3 is 4.74 Å². The monoisotopic (exact) mass is 272 g/mol. The highest BCUT2D eigenvalue weighted by Gasteiger charge is 2.45. The van der Waals surface area contributed by atoms with Crippen LogP contribution in [0.2, 0.25) is 0 Å². The van der Waals surface area contributed by atoms with Gasteiger partial charge in [-0.3, -0.25) is 0 Å². The number of allylic oxidation sites excluding steroid dienone is 1. The molecule has 2 rings (SSSR count). The summed E-state index contributed by atoms with van der Waals surface area (Å²) in [5.41, 5.74) is -0.776. The zero-order valence-corrected chi connectivity index (χ0v) is 11.2. The van der Waals surface area contributed by atoms with Gasteiger partial charge in [-0.25, -0.2) is 4.79 Å². The number of ether oxygens (including phenoxy) is 1. The first kappa shape index (κ1) is 13.3. The van der Waals surface area contributed by atoms with Crippen molar-refractivity contribution >= 4 is 17.3 Å². The summed E-state index contributed by atoms with van der Waals surface area (Å²) in [6.07, 6.45) is 2.41. The molecule has 0 amide bonds. The predicted molar refractivity (Wildman–Crippen MR) is 70.1 cm³/mol. The highest BCUT2D eigenvalue weighted by Crippen LogP contribution is 2.47. The van der Waals surface area contributed by atoms with E-state index in [1.54, 1.807) is 6.08 Å². The zero-order chi connectivity index (χ0) is 13.9. The summed E-state index contributed by atoms with van der Waals surface area (Å²) >= 11 is 1.53. The third-order valence-electron chi connectivity index (χ3n) is 3.40. The lowest BCUT2D eigenvalue weighted by Crippen LogP contribution is -2.30. The van der Waals surface area contributed by atoms with Crippen molar-refractivity contribution < 1.29 is 9.53 Å². The molecule has 1 aromatic heterocycles. The SMILES string of the molecule is COC(=O)C1=CCC(c2cccs2)C(C#N)(C#N)C1. The molecule has 1 atom stereocenters. The fourth-order valence-electron chi connectivity index (χ4n) is 2.35. The summed E-state index contributed by atoms with van der Waals surface area (Å²) in [4.78, 5) is 12.6. The Morgan fingerprint density at radius 3 is 2.79 bits per heavy atom. The predicted octanol–water partition coefficient (Wildman–Crippen LogP) is 2.76. The van der Waals surface area contributed by atoms with Crippen molar-refractivity contribution in [2.45, 2.75) is 18.8 Å². The number of esters is 1. The Hall–Kier alpha value is -2.11. The van der Waals surface area contributed by atoms with Crippen molar-refractivity contribution in [3.63, 3.8) is 0 Å². The average Bonchev–Trinajstić information content (AvgIpc) is 2.99. The van der Waals surface area contributed by atoms with Crippen molar-refractivity contribution in [1.29, 1.82) is 10.5 Å². The molecule has 0 N–H and O–H groups in total. The van der Waals surface area contributed by atoms with Crippen molar-refractivity contribution in [2.24, 2.45) is 5.41 Å². The van der Waals surface area contributed by atoms with E-state index >= 15 is 0 Å². The topological polar surface area (TPSA) is 73.9 Å². The second kappa shape index (κ2) is 5.26. The average molecular weight is 272 g/mol. The normalized spacial score (nSPS) is 20.8. The van der Waals surface area contributed by atoms with Crippen LogP contribution >= 0.6 is 11.3 Å². The van der Waals surface area contributed by atoms with Gasteiger partial charge in [0.2, 0.25) is 0 Å². The number of thiophene rings is 1. The number of hydrogen-bond acceptors (Lipinski definition) is 5. The van der Waals surface area contributed by atoms with Crippen LogP contribution in [0.5, 0.6) is 0 Å². The fraction of sp³-hybridized carbons (Fsp3) is 0.357. The molecule has 1 aliphatic carbocycles. The van der Waals surface area contributed by atoms with Gasteiger partial charge in [0.1, 0.15) is 0 Å². The van der Waals surface area contributed by atoms with Crippen LogP contribution < -0.4 is 0 Å². The van der Waals surface area contributed by atoms with Gasteiger partial charge in [-0.05, 0) is 17.9 Å². The van der Waals surface area contributed by atoms with Gasteiger partial charge in [0.15, 0.2) is 5.41 Å². The van der Waals surface area contributed by atoms with E-state index in [9.17, 15) is 15.3 Å². The Bertz CT molecular complexity index is 576. The van der Waals surface area contributed by atoms with E-state index in [0.717, 1.165) is 4.88 Å². The first-order valence-electron chi connectivity index (χ1n) is 5.80. The van der Waals surface area contributed by atoms with E-state index in [-0.39, 0.29) is 12.3 Å². The molecule has 0 aromatic carbocycles. The van der Waals surface area contributed by atoms with Crippen molar-refractivity contribution in [3.8, 4) is 12.1 Å². The number of nitriles is 2. The minimum absolute atomic E-state index is 0.120. The molecule has 0 saturated heterocycles. The van der Waals surface area contributed by atoms with E-state index in [1.165, 1.54) is 18.4 Å². The van der Waals surface area contributed by atoms with Crippen LogP contribution in [0.25, 0.3) is 0 Å². The van der Waals surface area contributed by atoms with Gasteiger partial charge in [-0.1, -0.05) is 12.1 Å². The summed E-state index contributed by atoms with van der Waals surface area (Å²) in [5.74, 6) is -0.643. The second-order valence-corrected chi connectivity index (χ2v) is 5.38. The van der Waals surface area contributed by atoms with Gasteiger partial charge >= 0.3 is 5.97 Å². The number of nitrogens with zero attached hydrogens (tertiary/aromatic N) is 2. The highest BCUT2D eigenvalue weighted by molar-refractivity contribution is 7.10. The molecule has 1 aliphatic rings. The van der Waals surface area contributed by atoms with E-state index in [0.29, 0.717) is 12.0 Å². The third kappa shape index (κ3) is 2.25. The molecule has 4 nitrogen and oxygen atoms in total. The van der Waals surface area contributed by atoms with Gasteiger partial charge in [-0.2, -0.15) is 10.5 Å². The van der Waals surface area contributed by atoms with Crippen LogP contribution in [0.1, 0.15) is 23.6 Å². The summed E-state index contributed by atoms with van der Waals surface area (Å²) in [7, 11) is 1.30. The van der Waals surface area contributed by atoms with Crippen molar-refractivity contribution in [3.05, 3.63) is 34.0 Å². The quantitative estimate of drug-likeness (QED) is 0.776. The molecular formula is C14H12N2O2S. The van der Waals surface area contributed by atoms with Crippen molar-refractivity contribution in [2.75, 3.05) is 7.11 Å². The lowest BCUT2D eigenvalue weighted by Gasteiger charge is -2.31. The van der Waals surface area contributed by atoms with Gasteiger partial charge in [0.25, 0.3) is 0 Å². The third-order valence-corrected chi connectivity index (χ3v) is 4.38. The molecule has 0 bridgehead atoms. The largest absolute Gasteiger partial charge is 0.466 e. The summed E-state index contributed by atoms with van der Waals surface area (Å²) < 4.78 is 4.67. The van der Waals surface area contributed by atoms with Crippen LogP contribution in [-0.2, 0) is 9.53 Å². The van der Waals surface area contributed by atoms with E-state index in [4.69, 9.17) is 0 Å². The smallest absolute Gasteiger partial charge is 0.333 e. The molecule has 5 heteroatoms. The Kier molecular flexibility index (Phi) is 3.69. The molecule has 19 heavy (non-hydrogen) atoms. The van der Waals surface area contributed by atoms with E-state index in [1.807, 2.05) is 17.5 Å². The lowest BCUT2D eigenvalue weighted by molar-refractivity contribution is -0.136. The molecule has 96 valence electrons. The second-order valence-electron chi connectivity index (χ2n) is 4.40. The van der Waals surface area contributed by atoms with Gasteiger partial charge in [0, 0.05) is 22.8 Å². The first-order valence-corrected chi connectivity index (χ1v) is 6.68. The molecule has 1 heterocycles. The van der Waals surface area contributed by atoms with Crippen LogP contribution in [0.15, 0.2) is 29.2 Å². The van der Waals surface area contributed by atoms with Crippen LogP contribution in [0, 0.1) is 28.1 Å². The maximum atomic E-state index is 11.6. The molecule has 1 aromatic rings. The molecule has 0 radical (unpaired) electrons. The highest BCUT2D eigenvalue weighted by atomic mass is 32.1. The maximum absolute atomic E-state index is 11.6. The van der Waals surface area contributed by atoms with Crippen molar-refractivity contribution in [1.82, 2.24) is 0 Å². The van der Waals surface area contributed by atoms with Crippen LogP contribution in [0.3, 0.4) is 0 Å². The Labute approximate surface area is 115 Å². The lowest BCUT2D eigenvalue weighted by atomic mass is 9.67. The zero-order valence-electron chi connectivity index (χ0n) is 10.4. The molecule has 0 fully saturated rings. The fourth-order valence-corrected chi connectivity index (χ4v) is 3.29. The standard InChI is InChI=1S/C14H12N2O2S/c1-18-13(17)10-4-5-11(12-3-2-6-19-12)14(7-10,8-15)9-16/h2-4,6,11H,5,7H2,1H3. The number of carbonyl (C=O) groups excluding carboxylic acids is 1. The molecule has 0 aliphatic heterocycles. The minimum Gasteiger partial charge on any atom is -0.466 e. The molecule has 0 spiro atoms. The van der Waals surface area contributed by atoms with Crippen LogP contribution in [-0.4, -0.2) is 13.1 Å².